The van der Waals surface area contributed by atoms with Crippen LogP contribution >= 0.6 is 0 Å². The second-order valence-corrected chi connectivity index (χ2v) is 5.77. The van der Waals surface area contributed by atoms with E-state index in [9.17, 15) is 14.4 Å². The van der Waals surface area contributed by atoms with Crippen molar-refractivity contribution in [2.75, 3.05) is 20.6 Å². The van der Waals surface area contributed by atoms with Gasteiger partial charge in [0.25, 0.3) is 0 Å². The van der Waals surface area contributed by atoms with E-state index in [0.29, 0.717) is 12.5 Å². The number of carbonyl (C=O) groups is 3. The molecule has 0 saturated carbocycles. The average Bonchev–Trinajstić information content (AvgIpc) is 2.24. The molecule has 8 heteroatoms. The Balaban J connectivity index is 4.58. The van der Waals surface area contributed by atoms with Gasteiger partial charge in [-0.25, -0.2) is 9.59 Å². The maximum absolute atomic E-state index is 11.9. The molecule has 0 heterocycles. The van der Waals surface area contributed by atoms with E-state index in [1.54, 1.807) is 0 Å². The molecule has 21 heavy (non-hydrogen) atoms. The molecule has 0 radical (unpaired) electrons. The van der Waals surface area contributed by atoms with E-state index in [4.69, 9.17) is 10.8 Å². The fraction of sp³-hybridized carbons (Fsp3) is 0.769. The summed E-state index contributed by atoms with van der Waals surface area (Å²) < 4.78 is 0. The highest BCUT2D eigenvalue weighted by Crippen LogP contribution is 2.05. The minimum Gasteiger partial charge on any atom is -0.480 e. The Morgan fingerprint density at radius 1 is 1.19 bits per heavy atom. The van der Waals surface area contributed by atoms with Gasteiger partial charge in [-0.2, -0.15) is 0 Å². The molecule has 0 aromatic rings. The molecule has 122 valence electrons. The van der Waals surface area contributed by atoms with E-state index in [1.165, 1.54) is 0 Å². The van der Waals surface area contributed by atoms with Crippen molar-refractivity contribution in [1.82, 2.24) is 15.5 Å². The van der Waals surface area contributed by atoms with Crippen molar-refractivity contribution >= 4 is 17.9 Å². The number of nitrogens with zero attached hydrogens (tertiary/aromatic N) is 1. The summed E-state index contributed by atoms with van der Waals surface area (Å²) in [7, 11) is 3.78. The number of carboxylic acid groups (broad SMARTS) is 1. The Morgan fingerprint density at radius 2 is 1.76 bits per heavy atom. The minimum atomic E-state index is -1.32. The molecule has 0 fully saturated rings. The third-order valence-corrected chi connectivity index (χ3v) is 2.69. The maximum Gasteiger partial charge on any atom is 0.326 e. The number of nitrogens with two attached hydrogens (primary N) is 1. The number of amides is 3. The lowest BCUT2D eigenvalue weighted by molar-refractivity contribution is -0.140. The second kappa shape index (κ2) is 9.17. The van der Waals surface area contributed by atoms with Crippen LogP contribution in [0.15, 0.2) is 0 Å². The van der Waals surface area contributed by atoms with E-state index >= 15 is 0 Å². The first kappa shape index (κ1) is 19.2. The lowest BCUT2D eigenvalue weighted by Crippen LogP contribution is -2.52. The quantitative estimate of drug-likeness (QED) is 0.461. The third kappa shape index (κ3) is 9.67. The van der Waals surface area contributed by atoms with Crippen molar-refractivity contribution in [3.8, 4) is 0 Å². The molecule has 0 aliphatic rings. The standard InChI is InChI=1S/C13H26N4O4/c1-8(2)5-9(7-17(3)4)15-13(21)16-10(12(19)20)6-11(14)18/h8-10H,5-7H2,1-4H3,(H2,14,18)(H,19,20)(H2,15,16,21)/t9?,10-/m0/s1. The van der Waals surface area contributed by atoms with Gasteiger partial charge in [-0.05, 0) is 26.4 Å². The molecule has 0 aromatic carbocycles. The summed E-state index contributed by atoms with van der Waals surface area (Å²) in [5.74, 6) is -1.69. The lowest BCUT2D eigenvalue weighted by atomic mass is 10.0. The van der Waals surface area contributed by atoms with Gasteiger partial charge in [0.1, 0.15) is 6.04 Å². The van der Waals surface area contributed by atoms with Gasteiger partial charge in [0.2, 0.25) is 5.91 Å². The highest BCUT2D eigenvalue weighted by Gasteiger charge is 2.23. The van der Waals surface area contributed by atoms with Crippen molar-refractivity contribution in [2.24, 2.45) is 11.7 Å². The van der Waals surface area contributed by atoms with Gasteiger partial charge < -0.3 is 26.4 Å². The van der Waals surface area contributed by atoms with Crippen molar-refractivity contribution in [3.05, 3.63) is 0 Å². The first-order valence-corrected chi connectivity index (χ1v) is 6.84. The number of nitrogens with one attached hydrogen (secondary N) is 2. The molecule has 5 N–H and O–H groups in total. The number of primary amides is 1. The first-order chi connectivity index (χ1) is 9.61. The van der Waals surface area contributed by atoms with E-state index in [1.807, 2.05) is 32.8 Å². The third-order valence-electron chi connectivity index (χ3n) is 2.69. The summed E-state index contributed by atoms with van der Waals surface area (Å²) in [6.45, 7) is 4.71. The van der Waals surface area contributed by atoms with Gasteiger partial charge in [0, 0.05) is 12.6 Å². The van der Waals surface area contributed by atoms with Crippen LogP contribution in [0, 0.1) is 5.92 Å². The number of hydrogen-bond donors (Lipinski definition) is 4. The molecule has 0 rings (SSSR count). The van der Waals surface area contributed by atoms with Crippen LogP contribution in [0.3, 0.4) is 0 Å². The Hall–Kier alpha value is -1.83. The summed E-state index contributed by atoms with van der Waals surface area (Å²) in [4.78, 5) is 35.5. The molecule has 0 aliphatic carbocycles. The van der Waals surface area contributed by atoms with Crippen LogP contribution in [0.25, 0.3) is 0 Å². The Kier molecular flexibility index (Phi) is 8.37. The van der Waals surface area contributed by atoms with Crippen LogP contribution in [-0.4, -0.2) is 60.6 Å². The number of aliphatic carboxylic acids is 1. The molecule has 2 atom stereocenters. The SMILES string of the molecule is CC(C)CC(CN(C)C)NC(=O)N[C@@H](CC(N)=O)C(=O)O. The molecule has 0 aliphatic heterocycles. The molecule has 0 saturated heterocycles. The molecule has 0 aromatic heterocycles. The Morgan fingerprint density at radius 3 is 2.14 bits per heavy atom. The van der Waals surface area contributed by atoms with E-state index < -0.39 is 30.4 Å². The maximum atomic E-state index is 11.9. The number of carbonyl (C=O) groups excluding carboxylic acids is 2. The zero-order chi connectivity index (χ0) is 16.6. The molecular formula is C13H26N4O4. The van der Waals surface area contributed by atoms with Crippen LogP contribution < -0.4 is 16.4 Å². The number of urea groups is 1. The minimum absolute atomic E-state index is 0.108. The van der Waals surface area contributed by atoms with Crippen LogP contribution in [0.4, 0.5) is 4.79 Å². The van der Waals surface area contributed by atoms with Crippen molar-refractivity contribution in [1.29, 1.82) is 0 Å². The summed E-state index contributed by atoms with van der Waals surface area (Å²) in [6.07, 6.45) is 0.324. The molecule has 0 spiro atoms. The second-order valence-electron chi connectivity index (χ2n) is 5.77. The van der Waals surface area contributed by atoms with E-state index in [2.05, 4.69) is 10.6 Å². The van der Waals surface area contributed by atoms with Gasteiger partial charge in [0.05, 0.1) is 6.42 Å². The van der Waals surface area contributed by atoms with Gasteiger partial charge in [-0.3, -0.25) is 4.79 Å². The number of rotatable bonds is 9. The topological polar surface area (TPSA) is 125 Å². The molecule has 1 unspecified atom stereocenters. The largest absolute Gasteiger partial charge is 0.480 e. The van der Waals surface area contributed by atoms with Crippen LogP contribution in [0.2, 0.25) is 0 Å². The Labute approximate surface area is 125 Å². The normalized spacial score (nSPS) is 13.8. The zero-order valence-corrected chi connectivity index (χ0v) is 13.0. The summed E-state index contributed by atoms with van der Waals surface area (Å²) in [6, 6.07) is -2.04. The molecular weight excluding hydrogens is 276 g/mol. The Bertz CT molecular complexity index is 361. The summed E-state index contributed by atoms with van der Waals surface area (Å²) >= 11 is 0. The molecule has 0 bridgehead atoms. The van der Waals surface area contributed by atoms with Gasteiger partial charge in [-0.1, -0.05) is 13.8 Å². The summed E-state index contributed by atoms with van der Waals surface area (Å²) in [5.41, 5.74) is 4.96. The molecule has 3 amide bonds. The van der Waals surface area contributed by atoms with Crippen molar-refractivity contribution in [3.63, 3.8) is 0 Å². The van der Waals surface area contributed by atoms with E-state index in [0.717, 1.165) is 6.42 Å². The average molecular weight is 302 g/mol. The predicted octanol–water partition coefficient (Wildman–Crippen LogP) is -0.409. The van der Waals surface area contributed by atoms with E-state index in [-0.39, 0.29) is 6.04 Å². The van der Waals surface area contributed by atoms with Gasteiger partial charge in [-0.15, -0.1) is 0 Å². The van der Waals surface area contributed by atoms with Crippen molar-refractivity contribution < 1.29 is 19.5 Å². The fourth-order valence-electron chi connectivity index (χ4n) is 1.98. The highest BCUT2D eigenvalue weighted by molar-refractivity contribution is 5.87. The van der Waals surface area contributed by atoms with Gasteiger partial charge in [0.15, 0.2) is 0 Å². The number of hydrogen-bond acceptors (Lipinski definition) is 4. The predicted molar refractivity (Wildman–Crippen MR) is 78.7 cm³/mol. The van der Waals surface area contributed by atoms with Gasteiger partial charge >= 0.3 is 12.0 Å². The summed E-state index contributed by atoms with van der Waals surface area (Å²) in [5, 5.41) is 13.9. The highest BCUT2D eigenvalue weighted by atomic mass is 16.4. The smallest absolute Gasteiger partial charge is 0.326 e. The number of carboxylic acids is 1. The lowest BCUT2D eigenvalue weighted by Gasteiger charge is -2.25. The molecule has 8 nitrogen and oxygen atoms in total. The van der Waals surface area contributed by atoms with Crippen LogP contribution in [0.1, 0.15) is 26.7 Å². The van der Waals surface area contributed by atoms with Crippen molar-refractivity contribution in [2.45, 2.75) is 38.8 Å². The monoisotopic (exact) mass is 302 g/mol. The first-order valence-electron chi connectivity index (χ1n) is 6.84. The zero-order valence-electron chi connectivity index (χ0n) is 13.0. The van der Waals surface area contributed by atoms with Crippen LogP contribution in [0.5, 0.6) is 0 Å². The van der Waals surface area contributed by atoms with Crippen LogP contribution in [-0.2, 0) is 9.59 Å². The fourth-order valence-corrected chi connectivity index (χ4v) is 1.98. The number of likely N-dealkylation sites (N-methyl/N-ethyl adjacent to an activating group) is 1.